The van der Waals surface area contributed by atoms with Gasteiger partial charge in [-0.2, -0.15) is 0 Å². The highest BCUT2D eigenvalue weighted by Gasteiger charge is 2.16. The Morgan fingerprint density at radius 2 is 2.23 bits per heavy atom. The fourth-order valence-electron chi connectivity index (χ4n) is 2.96. The van der Waals surface area contributed by atoms with Crippen LogP contribution in [0.2, 0.25) is 5.02 Å². The highest BCUT2D eigenvalue weighted by atomic mass is 35.5. The topological polar surface area (TPSA) is 55.1 Å². The molecule has 1 saturated heterocycles. The highest BCUT2D eigenvalue weighted by Crippen LogP contribution is 2.21. The van der Waals surface area contributed by atoms with E-state index in [0.29, 0.717) is 10.9 Å². The van der Waals surface area contributed by atoms with E-state index in [9.17, 15) is 0 Å². The first-order valence-electron chi connectivity index (χ1n) is 7.44. The summed E-state index contributed by atoms with van der Waals surface area (Å²) < 4.78 is 1.95. The fraction of sp³-hybridized carbons (Fsp3) is 0.312. The summed E-state index contributed by atoms with van der Waals surface area (Å²) in [6, 6.07) is 3.73. The van der Waals surface area contributed by atoms with Crippen molar-refractivity contribution >= 4 is 17.2 Å². The number of rotatable bonds is 3. The lowest BCUT2D eigenvalue weighted by Gasteiger charge is -2.08. The van der Waals surface area contributed by atoms with E-state index < -0.39 is 0 Å². The second-order valence-corrected chi connectivity index (χ2v) is 6.11. The Bertz CT molecular complexity index is 807. The average Bonchev–Trinajstić information content (AvgIpc) is 3.16. The third-order valence-electron chi connectivity index (χ3n) is 4.08. The van der Waals surface area contributed by atoms with Crippen LogP contribution in [0.15, 0.2) is 36.9 Å². The van der Waals surface area contributed by atoms with Gasteiger partial charge in [0.15, 0.2) is 0 Å². The first-order valence-corrected chi connectivity index (χ1v) is 7.82. The Balaban J connectivity index is 1.70. The Morgan fingerprint density at radius 3 is 3.09 bits per heavy atom. The minimum atomic E-state index is 0.654. The van der Waals surface area contributed by atoms with Crippen LogP contribution in [0, 0.1) is 5.92 Å². The lowest BCUT2D eigenvalue weighted by molar-refractivity contribution is 0.570. The van der Waals surface area contributed by atoms with Crippen LogP contribution in [-0.4, -0.2) is 32.4 Å². The standard InChI is InChI=1S/C16H16ClN5/c17-12-1-2-16-20-9-15(22(16)10-12)14-8-19-7-13(21-14)5-11-3-4-18-6-11/h1-2,7-11,18H,3-6H2/t11-/m1/s1. The van der Waals surface area contributed by atoms with Gasteiger partial charge in [0.25, 0.3) is 0 Å². The lowest BCUT2D eigenvalue weighted by Crippen LogP contribution is -2.11. The van der Waals surface area contributed by atoms with Crippen LogP contribution >= 0.6 is 11.6 Å². The van der Waals surface area contributed by atoms with Gasteiger partial charge in [0.2, 0.25) is 0 Å². The molecule has 1 atom stereocenters. The summed E-state index contributed by atoms with van der Waals surface area (Å²) in [5.74, 6) is 0.654. The van der Waals surface area contributed by atoms with Crippen molar-refractivity contribution in [1.29, 1.82) is 0 Å². The molecule has 1 N–H and O–H groups in total. The SMILES string of the molecule is Clc1ccc2ncc(-c3cncc(C[C@H]4CCNC4)n3)n2c1. The maximum absolute atomic E-state index is 6.09. The molecule has 0 spiro atoms. The van der Waals surface area contributed by atoms with Gasteiger partial charge < -0.3 is 5.32 Å². The van der Waals surface area contributed by atoms with Gasteiger partial charge in [-0.25, -0.2) is 9.97 Å². The molecule has 22 heavy (non-hydrogen) atoms. The molecule has 0 radical (unpaired) electrons. The third-order valence-corrected chi connectivity index (χ3v) is 4.30. The van der Waals surface area contributed by atoms with E-state index in [1.165, 1.54) is 6.42 Å². The number of imidazole rings is 1. The van der Waals surface area contributed by atoms with Crippen LogP contribution in [0.3, 0.4) is 0 Å². The number of nitrogens with zero attached hydrogens (tertiary/aromatic N) is 4. The summed E-state index contributed by atoms with van der Waals surface area (Å²) in [6.45, 7) is 2.17. The van der Waals surface area contributed by atoms with Gasteiger partial charge in [-0.15, -0.1) is 0 Å². The van der Waals surface area contributed by atoms with E-state index in [4.69, 9.17) is 16.6 Å². The second kappa shape index (κ2) is 5.66. The van der Waals surface area contributed by atoms with Crippen LogP contribution in [-0.2, 0) is 6.42 Å². The number of hydrogen-bond acceptors (Lipinski definition) is 4. The fourth-order valence-corrected chi connectivity index (χ4v) is 3.12. The van der Waals surface area contributed by atoms with Crippen LogP contribution in [0.4, 0.5) is 0 Å². The zero-order chi connectivity index (χ0) is 14.9. The Kier molecular flexibility index (Phi) is 3.52. The third kappa shape index (κ3) is 2.58. The summed E-state index contributed by atoms with van der Waals surface area (Å²) >= 11 is 6.09. The van der Waals surface area contributed by atoms with Crippen molar-refractivity contribution in [2.24, 2.45) is 5.92 Å². The normalized spacial score (nSPS) is 18.1. The first-order chi connectivity index (χ1) is 10.8. The maximum Gasteiger partial charge on any atom is 0.137 e. The van der Waals surface area contributed by atoms with Crippen molar-refractivity contribution in [1.82, 2.24) is 24.7 Å². The van der Waals surface area contributed by atoms with Gasteiger partial charge in [-0.3, -0.25) is 9.38 Å². The van der Waals surface area contributed by atoms with Gasteiger partial charge in [0.05, 0.1) is 28.8 Å². The molecule has 4 heterocycles. The molecular weight excluding hydrogens is 298 g/mol. The maximum atomic E-state index is 6.09. The zero-order valence-corrected chi connectivity index (χ0v) is 12.8. The average molecular weight is 314 g/mol. The quantitative estimate of drug-likeness (QED) is 0.807. The van der Waals surface area contributed by atoms with Gasteiger partial charge in [0, 0.05) is 12.4 Å². The van der Waals surface area contributed by atoms with Crippen molar-refractivity contribution in [2.75, 3.05) is 13.1 Å². The number of hydrogen-bond donors (Lipinski definition) is 1. The van der Waals surface area contributed by atoms with E-state index in [2.05, 4.69) is 15.3 Å². The predicted molar refractivity (Wildman–Crippen MR) is 85.9 cm³/mol. The van der Waals surface area contributed by atoms with Gasteiger partial charge >= 0.3 is 0 Å². The van der Waals surface area contributed by atoms with E-state index in [-0.39, 0.29) is 0 Å². The summed E-state index contributed by atoms with van der Waals surface area (Å²) in [7, 11) is 0. The summed E-state index contributed by atoms with van der Waals surface area (Å²) in [4.78, 5) is 13.5. The molecule has 5 nitrogen and oxygen atoms in total. The van der Waals surface area contributed by atoms with Gasteiger partial charge in [-0.05, 0) is 44.0 Å². The highest BCUT2D eigenvalue weighted by molar-refractivity contribution is 6.30. The molecule has 1 aliphatic heterocycles. The van der Waals surface area contributed by atoms with E-state index in [1.54, 1.807) is 6.20 Å². The monoisotopic (exact) mass is 313 g/mol. The molecule has 6 heteroatoms. The molecule has 0 saturated carbocycles. The van der Waals surface area contributed by atoms with Crippen molar-refractivity contribution in [2.45, 2.75) is 12.8 Å². The summed E-state index contributed by atoms with van der Waals surface area (Å²) in [5, 5.41) is 4.06. The number of aromatic nitrogens is 4. The van der Waals surface area contributed by atoms with Gasteiger partial charge in [-0.1, -0.05) is 11.6 Å². The molecule has 3 aromatic heterocycles. The molecule has 0 unspecified atom stereocenters. The lowest BCUT2D eigenvalue weighted by atomic mass is 10.0. The molecular formula is C16H16ClN5. The Morgan fingerprint density at radius 1 is 1.27 bits per heavy atom. The van der Waals surface area contributed by atoms with Crippen molar-refractivity contribution in [3.63, 3.8) is 0 Å². The van der Waals surface area contributed by atoms with Crippen molar-refractivity contribution < 1.29 is 0 Å². The van der Waals surface area contributed by atoms with E-state index >= 15 is 0 Å². The minimum absolute atomic E-state index is 0.654. The predicted octanol–water partition coefficient (Wildman–Crippen LogP) is 2.60. The molecule has 0 aromatic carbocycles. The largest absolute Gasteiger partial charge is 0.316 e. The van der Waals surface area contributed by atoms with Crippen LogP contribution in [0.1, 0.15) is 12.1 Å². The smallest absolute Gasteiger partial charge is 0.137 e. The molecule has 4 rings (SSSR count). The number of halogens is 1. The Labute approximate surface area is 133 Å². The van der Waals surface area contributed by atoms with Crippen LogP contribution in [0.5, 0.6) is 0 Å². The molecule has 1 aliphatic rings. The molecule has 112 valence electrons. The number of nitrogens with one attached hydrogen (secondary N) is 1. The summed E-state index contributed by atoms with van der Waals surface area (Å²) in [5.41, 5.74) is 3.63. The van der Waals surface area contributed by atoms with Crippen molar-refractivity contribution in [3.8, 4) is 11.4 Å². The van der Waals surface area contributed by atoms with Crippen LogP contribution in [0.25, 0.3) is 17.0 Å². The van der Waals surface area contributed by atoms with Crippen LogP contribution < -0.4 is 5.32 Å². The molecule has 0 amide bonds. The molecule has 0 bridgehead atoms. The van der Waals surface area contributed by atoms with E-state index in [1.807, 2.05) is 35.1 Å². The second-order valence-electron chi connectivity index (χ2n) is 5.68. The minimum Gasteiger partial charge on any atom is -0.316 e. The zero-order valence-electron chi connectivity index (χ0n) is 12.0. The first kappa shape index (κ1) is 13.7. The number of pyridine rings is 1. The molecule has 3 aromatic rings. The number of fused-ring (bicyclic) bond motifs is 1. The summed E-state index contributed by atoms with van der Waals surface area (Å²) in [6.07, 6.45) is 9.48. The molecule has 1 fully saturated rings. The van der Waals surface area contributed by atoms with E-state index in [0.717, 1.165) is 42.2 Å². The Hall–Kier alpha value is -1.98. The van der Waals surface area contributed by atoms with Gasteiger partial charge in [0.1, 0.15) is 11.3 Å². The van der Waals surface area contributed by atoms with Crippen molar-refractivity contribution in [3.05, 3.63) is 47.6 Å². The molecule has 0 aliphatic carbocycles.